The first-order valence-electron chi connectivity index (χ1n) is 7.36. The van der Waals surface area contributed by atoms with Crippen LogP contribution in [0, 0.1) is 6.92 Å². The van der Waals surface area contributed by atoms with Gasteiger partial charge in [0.25, 0.3) is 5.91 Å². The van der Waals surface area contributed by atoms with Gasteiger partial charge >= 0.3 is 0 Å². The number of carbonyl (C=O) groups is 1. The molecule has 0 bridgehead atoms. The molecule has 3 rings (SSSR count). The van der Waals surface area contributed by atoms with Crippen LogP contribution in [0.15, 0.2) is 48.5 Å². The zero-order valence-electron chi connectivity index (χ0n) is 12.5. The number of carbonyl (C=O) groups excluding carboxylic acids is 1. The van der Waals surface area contributed by atoms with Gasteiger partial charge in [-0.2, -0.15) is 0 Å². The van der Waals surface area contributed by atoms with Crippen molar-refractivity contribution in [3.63, 3.8) is 0 Å². The van der Waals surface area contributed by atoms with Gasteiger partial charge in [0.1, 0.15) is 0 Å². The van der Waals surface area contributed by atoms with Crippen LogP contribution in [0.3, 0.4) is 0 Å². The first kappa shape index (κ1) is 13.8. The summed E-state index contributed by atoms with van der Waals surface area (Å²) in [5.74, 6) is 0.0927. The predicted molar refractivity (Wildman–Crippen MR) is 85.7 cm³/mol. The average Bonchev–Trinajstić information content (AvgIpc) is 2.53. The molecule has 0 fully saturated rings. The van der Waals surface area contributed by atoms with Crippen LogP contribution in [0.1, 0.15) is 33.9 Å². The Labute approximate surface area is 125 Å². The number of aryl methyl sites for hydroxylation is 1. The maximum Gasteiger partial charge on any atom is 0.258 e. The van der Waals surface area contributed by atoms with Crippen molar-refractivity contribution < 1.29 is 4.79 Å². The summed E-state index contributed by atoms with van der Waals surface area (Å²) in [6, 6.07) is 16.3. The maximum absolute atomic E-state index is 12.9. The van der Waals surface area contributed by atoms with E-state index in [0.717, 1.165) is 29.8 Å². The van der Waals surface area contributed by atoms with Gasteiger partial charge in [-0.25, -0.2) is 0 Å². The summed E-state index contributed by atoms with van der Waals surface area (Å²) in [4.78, 5) is 14.8. The van der Waals surface area contributed by atoms with Crippen molar-refractivity contribution in [3.8, 4) is 0 Å². The molecule has 108 valence electrons. The van der Waals surface area contributed by atoms with E-state index in [1.165, 1.54) is 5.56 Å². The van der Waals surface area contributed by atoms with Crippen LogP contribution in [0.2, 0.25) is 0 Å². The Morgan fingerprint density at radius 1 is 1.14 bits per heavy atom. The summed E-state index contributed by atoms with van der Waals surface area (Å²) >= 11 is 0. The van der Waals surface area contributed by atoms with Crippen LogP contribution in [-0.4, -0.2) is 19.5 Å². The highest BCUT2D eigenvalue weighted by molar-refractivity contribution is 6.07. The quantitative estimate of drug-likeness (QED) is 0.915. The van der Waals surface area contributed by atoms with E-state index in [9.17, 15) is 4.79 Å². The van der Waals surface area contributed by atoms with Crippen LogP contribution in [-0.2, 0) is 0 Å². The molecule has 2 aromatic carbocycles. The highest BCUT2D eigenvalue weighted by atomic mass is 16.2. The Bertz CT molecular complexity index is 666. The molecule has 21 heavy (non-hydrogen) atoms. The van der Waals surface area contributed by atoms with Crippen molar-refractivity contribution >= 4 is 11.6 Å². The fourth-order valence-corrected chi connectivity index (χ4v) is 3.03. The molecule has 0 saturated heterocycles. The fraction of sp³-hybridized carbons (Fsp3) is 0.278. The van der Waals surface area contributed by atoms with E-state index in [0.29, 0.717) is 6.04 Å². The van der Waals surface area contributed by atoms with E-state index in [2.05, 4.69) is 11.4 Å². The first-order valence-corrected chi connectivity index (χ1v) is 7.36. The second-order valence-electron chi connectivity index (χ2n) is 5.46. The van der Waals surface area contributed by atoms with Crippen molar-refractivity contribution in [3.05, 3.63) is 65.2 Å². The molecule has 3 nitrogen and oxygen atoms in total. The molecule has 0 radical (unpaired) electrons. The molecule has 1 atom stereocenters. The number of para-hydroxylation sites is 1. The third-order valence-corrected chi connectivity index (χ3v) is 4.21. The van der Waals surface area contributed by atoms with Gasteiger partial charge in [-0.1, -0.05) is 36.4 Å². The second-order valence-corrected chi connectivity index (χ2v) is 5.46. The molecular formula is C18H20N2O. The van der Waals surface area contributed by atoms with E-state index >= 15 is 0 Å². The van der Waals surface area contributed by atoms with Crippen LogP contribution >= 0.6 is 0 Å². The van der Waals surface area contributed by atoms with Gasteiger partial charge in [-0.3, -0.25) is 4.79 Å². The lowest BCUT2D eigenvalue weighted by atomic mass is 9.95. The Morgan fingerprint density at radius 3 is 2.62 bits per heavy atom. The van der Waals surface area contributed by atoms with E-state index in [-0.39, 0.29) is 5.91 Å². The largest absolute Gasteiger partial charge is 0.313 e. The number of amides is 1. The fourth-order valence-electron chi connectivity index (χ4n) is 3.03. The normalized spacial score (nSPS) is 17.4. The minimum Gasteiger partial charge on any atom is -0.313 e. The summed E-state index contributed by atoms with van der Waals surface area (Å²) in [5, 5.41) is 3.33. The molecule has 1 heterocycles. The van der Waals surface area contributed by atoms with Crippen LogP contribution in [0.25, 0.3) is 0 Å². The number of hydrogen-bond donors (Lipinski definition) is 1. The molecule has 0 aliphatic carbocycles. The monoisotopic (exact) mass is 280 g/mol. The number of nitrogens with zero attached hydrogens (tertiary/aromatic N) is 1. The average molecular weight is 280 g/mol. The number of rotatable bonds is 2. The first-order chi connectivity index (χ1) is 10.2. The van der Waals surface area contributed by atoms with E-state index in [1.54, 1.807) is 0 Å². The standard InChI is InChI=1S/C18H20N2O/c1-13-7-3-4-8-14(13)18(21)20-12-11-16(19-2)15-9-5-6-10-17(15)20/h3-10,16,19H,11-12H2,1-2H3. The smallest absolute Gasteiger partial charge is 0.258 e. The molecule has 1 unspecified atom stereocenters. The maximum atomic E-state index is 12.9. The zero-order valence-corrected chi connectivity index (χ0v) is 12.5. The lowest BCUT2D eigenvalue weighted by molar-refractivity contribution is 0.0983. The van der Waals surface area contributed by atoms with E-state index in [1.807, 2.05) is 61.3 Å². The van der Waals surface area contributed by atoms with Gasteiger partial charge in [0.05, 0.1) is 0 Å². The second kappa shape index (κ2) is 5.70. The highest BCUT2D eigenvalue weighted by Gasteiger charge is 2.28. The summed E-state index contributed by atoms with van der Waals surface area (Å²) < 4.78 is 0. The molecular weight excluding hydrogens is 260 g/mol. The SMILES string of the molecule is CNC1CCN(C(=O)c2ccccc2C)c2ccccc21. The third-order valence-electron chi connectivity index (χ3n) is 4.21. The Hall–Kier alpha value is -2.13. The summed E-state index contributed by atoms with van der Waals surface area (Å²) in [6.07, 6.45) is 0.936. The molecule has 0 spiro atoms. The Balaban J connectivity index is 2.01. The topological polar surface area (TPSA) is 32.3 Å². The number of benzene rings is 2. The molecule has 1 amide bonds. The lowest BCUT2D eigenvalue weighted by Gasteiger charge is -2.34. The Morgan fingerprint density at radius 2 is 1.86 bits per heavy atom. The van der Waals surface area contributed by atoms with Crippen molar-refractivity contribution in [2.24, 2.45) is 0 Å². The van der Waals surface area contributed by atoms with Gasteiger partial charge in [0.15, 0.2) is 0 Å². The third kappa shape index (κ3) is 2.45. The number of fused-ring (bicyclic) bond motifs is 1. The molecule has 0 aromatic heterocycles. The molecule has 0 saturated carbocycles. The molecule has 1 N–H and O–H groups in total. The lowest BCUT2D eigenvalue weighted by Crippen LogP contribution is -2.39. The number of nitrogens with one attached hydrogen (secondary N) is 1. The molecule has 3 heteroatoms. The van der Waals surface area contributed by atoms with Crippen molar-refractivity contribution in [2.75, 3.05) is 18.5 Å². The van der Waals surface area contributed by atoms with Gasteiger partial charge in [0, 0.05) is 23.8 Å². The van der Waals surface area contributed by atoms with Crippen molar-refractivity contribution in [2.45, 2.75) is 19.4 Å². The minimum absolute atomic E-state index is 0.0927. The van der Waals surface area contributed by atoms with E-state index in [4.69, 9.17) is 0 Å². The van der Waals surface area contributed by atoms with Crippen molar-refractivity contribution in [1.82, 2.24) is 5.32 Å². The van der Waals surface area contributed by atoms with Crippen LogP contribution in [0.4, 0.5) is 5.69 Å². The highest BCUT2D eigenvalue weighted by Crippen LogP contribution is 2.34. The van der Waals surface area contributed by atoms with Gasteiger partial charge < -0.3 is 10.2 Å². The van der Waals surface area contributed by atoms with Gasteiger partial charge in [0.2, 0.25) is 0 Å². The minimum atomic E-state index is 0.0927. The molecule has 1 aliphatic rings. The van der Waals surface area contributed by atoms with Crippen LogP contribution in [0.5, 0.6) is 0 Å². The van der Waals surface area contributed by atoms with Crippen LogP contribution < -0.4 is 10.2 Å². The predicted octanol–water partition coefficient (Wildman–Crippen LogP) is 3.31. The van der Waals surface area contributed by atoms with E-state index < -0.39 is 0 Å². The molecule has 1 aliphatic heterocycles. The Kier molecular flexibility index (Phi) is 3.76. The summed E-state index contributed by atoms with van der Waals surface area (Å²) in [6.45, 7) is 2.73. The van der Waals surface area contributed by atoms with Crippen molar-refractivity contribution in [1.29, 1.82) is 0 Å². The number of hydrogen-bond acceptors (Lipinski definition) is 2. The molecule has 2 aromatic rings. The summed E-state index contributed by atoms with van der Waals surface area (Å²) in [5.41, 5.74) is 4.04. The number of anilines is 1. The van der Waals surface area contributed by atoms with Gasteiger partial charge in [-0.05, 0) is 43.7 Å². The van der Waals surface area contributed by atoms with Gasteiger partial charge in [-0.15, -0.1) is 0 Å². The summed E-state index contributed by atoms with van der Waals surface area (Å²) in [7, 11) is 1.97. The zero-order chi connectivity index (χ0) is 14.8.